The largest absolute Gasteiger partial charge is 0.490 e. The first kappa shape index (κ1) is 22.9. The Balaban J connectivity index is 1.94. The van der Waals surface area contributed by atoms with Gasteiger partial charge in [-0.3, -0.25) is 10.1 Å². The summed E-state index contributed by atoms with van der Waals surface area (Å²) >= 11 is 6.50. The summed E-state index contributed by atoms with van der Waals surface area (Å²) in [4.78, 5) is 10.6. The molecule has 162 valence electrons. The Morgan fingerprint density at radius 2 is 1.94 bits per heavy atom. The van der Waals surface area contributed by atoms with Crippen molar-refractivity contribution in [2.75, 3.05) is 6.61 Å². The van der Waals surface area contributed by atoms with E-state index in [2.05, 4.69) is 6.07 Å². The summed E-state index contributed by atoms with van der Waals surface area (Å²) in [7, 11) is 0. The fourth-order valence-corrected chi connectivity index (χ4v) is 3.44. The third kappa shape index (κ3) is 5.65. The molecule has 3 rings (SSSR count). The van der Waals surface area contributed by atoms with E-state index < -0.39 is 4.92 Å². The topological polar surface area (TPSA) is 85.4 Å². The lowest BCUT2D eigenvalue weighted by Crippen LogP contribution is -2.01. The van der Waals surface area contributed by atoms with Crippen LogP contribution in [0.25, 0.3) is 11.6 Å². The zero-order valence-electron chi connectivity index (χ0n) is 17.7. The molecule has 0 aliphatic carbocycles. The van der Waals surface area contributed by atoms with Crippen molar-refractivity contribution in [1.29, 1.82) is 5.26 Å². The highest BCUT2D eigenvalue weighted by Gasteiger charge is 2.14. The third-order valence-electron chi connectivity index (χ3n) is 4.60. The van der Waals surface area contributed by atoms with Crippen molar-refractivity contribution < 1.29 is 14.4 Å². The summed E-state index contributed by atoms with van der Waals surface area (Å²) in [5.74, 6) is 0.872. The van der Waals surface area contributed by atoms with Gasteiger partial charge in [-0.1, -0.05) is 53.6 Å². The number of ether oxygens (including phenoxy) is 2. The molecule has 0 bridgehead atoms. The van der Waals surface area contributed by atoms with Gasteiger partial charge in [0.2, 0.25) is 0 Å². The molecular formula is C25H21ClN2O4. The van der Waals surface area contributed by atoms with E-state index in [0.717, 1.165) is 11.1 Å². The van der Waals surface area contributed by atoms with Crippen LogP contribution in [-0.4, -0.2) is 11.5 Å². The second-order valence-electron chi connectivity index (χ2n) is 7.02. The van der Waals surface area contributed by atoms with E-state index >= 15 is 0 Å². The van der Waals surface area contributed by atoms with E-state index in [1.165, 1.54) is 12.1 Å². The second-order valence-corrected chi connectivity index (χ2v) is 7.43. The molecule has 0 aliphatic heterocycles. The van der Waals surface area contributed by atoms with Gasteiger partial charge in [-0.15, -0.1) is 0 Å². The highest BCUT2D eigenvalue weighted by molar-refractivity contribution is 6.32. The number of hydrogen-bond donors (Lipinski definition) is 0. The molecule has 0 fully saturated rings. The number of nitro groups is 1. The van der Waals surface area contributed by atoms with E-state index in [-0.39, 0.29) is 11.3 Å². The van der Waals surface area contributed by atoms with Crippen LogP contribution in [0.4, 0.5) is 5.69 Å². The first-order valence-corrected chi connectivity index (χ1v) is 10.3. The molecule has 0 saturated carbocycles. The third-order valence-corrected chi connectivity index (χ3v) is 4.88. The van der Waals surface area contributed by atoms with E-state index in [1.807, 2.05) is 38.1 Å². The fourth-order valence-electron chi connectivity index (χ4n) is 3.17. The molecule has 7 heteroatoms. The Morgan fingerprint density at radius 3 is 2.62 bits per heavy atom. The number of allylic oxidation sites excluding steroid dienone is 1. The Labute approximate surface area is 191 Å². The highest BCUT2D eigenvalue weighted by Crippen LogP contribution is 2.38. The zero-order valence-corrected chi connectivity index (χ0v) is 18.4. The second kappa shape index (κ2) is 10.5. The molecule has 0 heterocycles. The van der Waals surface area contributed by atoms with Gasteiger partial charge in [0, 0.05) is 12.1 Å². The maximum Gasteiger partial charge on any atom is 0.270 e. The SMILES string of the molecule is CCOc1cc(C=C(C#N)c2cccc([N+](=O)[O-])c2)cc(Cl)c1OCc1cccc(C)c1. The van der Waals surface area contributed by atoms with Crippen LogP contribution in [-0.2, 0) is 6.61 Å². The lowest BCUT2D eigenvalue weighted by Gasteiger charge is -2.15. The van der Waals surface area contributed by atoms with Crippen molar-refractivity contribution in [3.63, 3.8) is 0 Å². The molecule has 32 heavy (non-hydrogen) atoms. The average molecular weight is 449 g/mol. The first-order chi connectivity index (χ1) is 15.4. The molecule has 3 aromatic rings. The summed E-state index contributed by atoms with van der Waals surface area (Å²) in [5.41, 5.74) is 3.37. The smallest absolute Gasteiger partial charge is 0.270 e. The van der Waals surface area contributed by atoms with Crippen molar-refractivity contribution in [1.82, 2.24) is 0 Å². The van der Waals surface area contributed by atoms with Crippen molar-refractivity contribution in [2.45, 2.75) is 20.5 Å². The molecule has 0 atom stereocenters. The van der Waals surface area contributed by atoms with E-state index in [4.69, 9.17) is 21.1 Å². The van der Waals surface area contributed by atoms with E-state index in [1.54, 1.807) is 30.3 Å². The summed E-state index contributed by atoms with van der Waals surface area (Å²) < 4.78 is 11.7. The standard InChI is InChI=1S/C25H21ClN2O4/c1-3-31-24-13-19(11-21(15-27)20-8-5-9-22(14-20)28(29)30)12-23(26)25(24)32-16-18-7-4-6-17(2)10-18/h4-14H,3,16H2,1-2H3. The molecule has 0 unspecified atom stereocenters. The summed E-state index contributed by atoms with van der Waals surface area (Å²) in [6, 6.07) is 19.4. The van der Waals surface area contributed by atoms with Crippen LogP contribution in [0, 0.1) is 28.4 Å². The van der Waals surface area contributed by atoms with Gasteiger partial charge in [-0.2, -0.15) is 5.26 Å². The Kier molecular flexibility index (Phi) is 7.48. The van der Waals surface area contributed by atoms with Gasteiger partial charge in [-0.25, -0.2) is 0 Å². The number of halogens is 1. The summed E-state index contributed by atoms with van der Waals surface area (Å²) in [6.45, 7) is 4.59. The lowest BCUT2D eigenvalue weighted by molar-refractivity contribution is -0.384. The van der Waals surface area contributed by atoms with Gasteiger partial charge in [-0.05, 0) is 48.7 Å². The normalized spacial score (nSPS) is 11.0. The van der Waals surface area contributed by atoms with Gasteiger partial charge >= 0.3 is 0 Å². The fraction of sp³-hybridized carbons (Fsp3) is 0.160. The molecular weight excluding hydrogens is 428 g/mol. The van der Waals surface area contributed by atoms with E-state index in [9.17, 15) is 15.4 Å². The van der Waals surface area contributed by atoms with Crippen LogP contribution in [0.1, 0.15) is 29.2 Å². The average Bonchev–Trinajstić information content (AvgIpc) is 2.77. The summed E-state index contributed by atoms with van der Waals surface area (Å²) in [5, 5.41) is 21.0. The van der Waals surface area contributed by atoms with Crippen LogP contribution in [0.3, 0.4) is 0 Å². The predicted molar refractivity (Wildman–Crippen MR) is 125 cm³/mol. The minimum atomic E-state index is -0.497. The van der Waals surface area contributed by atoms with Gasteiger partial charge in [0.05, 0.1) is 28.2 Å². The number of nitrogens with zero attached hydrogens (tertiary/aromatic N) is 2. The van der Waals surface area contributed by atoms with Crippen molar-refractivity contribution in [3.05, 3.63) is 98.1 Å². The van der Waals surface area contributed by atoms with Crippen molar-refractivity contribution >= 4 is 28.9 Å². The van der Waals surface area contributed by atoms with Crippen molar-refractivity contribution in [3.8, 4) is 17.6 Å². The van der Waals surface area contributed by atoms with Gasteiger partial charge in [0.1, 0.15) is 6.61 Å². The number of hydrogen-bond acceptors (Lipinski definition) is 5. The van der Waals surface area contributed by atoms with Gasteiger partial charge in [0.25, 0.3) is 5.69 Å². The number of nitro benzene ring substituents is 1. The molecule has 0 aliphatic rings. The molecule has 0 spiro atoms. The molecule has 6 nitrogen and oxygen atoms in total. The van der Waals surface area contributed by atoms with Gasteiger partial charge in [0.15, 0.2) is 11.5 Å². The number of rotatable bonds is 8. The maximum atomic E-state index is 11.1. The van der Waals surface area contributed by atoms with Crippen LogP contribution >= 0.6 is 11.6 Å². The molecule has 0 N–H and O–H groups in total. The van der Waals surface area contributed by atoms with Crippen LogP contribution in [0.5, 0.6) is 11.5 Å². The zero-order chi connectivity index (χ0) is 23.1. The number of benzene rings is 3. The quantitative estimate of drug-likeness (QED) is 0.168. The predicted octanol–water partition coefficient (Wildman–Crippen LogP) is 6.60. The Bertz CT molecular complexity index is 1210. The number of non-ortho nitro benzene ring substituents is 1. The van der Waals surface area contributed by atoms with Gasteiger partial charge < -0.3 is 9.47 Å². The highest BCUT2D eigenvalue weighted by atomic mass is 35.5. The van der Waals surface area contributed by atoms with Crippen LogP contribution in [0.2, 0.25) is 5.02 Å². The molecule has 0 amide bonds. The minimum Gasteiger partial charge on any atom is -0.490 e. The molecule has 0 aromatic heterocycles. The minimum absolute atomic E-state index is 0.0865. The molecule has 0 saturated heterocycles. The Morgan fingerprint density at radius 1 is 1.16 bits per heavy atom. The van der Waals surface area contributed by atoms with Crippen LogP contribution in [0.15, 0.2) is 60.7 Å². The lowest BCUT2D eigenvalue weighted by atomic mass is 10.0. The van der Waals surface area contributed by atoms with Crippen molar-refractivity contribution in [2.24, 2.45) is 0 Å². The summed E-state index contributed by atoms with van der Waals surface area (Å²) in [6.07, 6.45) is 1.61. The van der Waals surface area contributed by atoms with E-state index in [0.29, 0.717) is 40.9 Å². The van der Waals surface area contributed by atoms with Crippen LogP contribution < -0.4 is 9.47 Å². The first-order valence-electron chi connectivity index (χ1n) is 9.92. The number of aryl methyl sites for hydroxylation is 1. The maximum absolute atomic E-state index is 11.1. The number of nitriles is 1. The molecule has 3 aromatic carbocycles. The monoisotopic (exact) mass is 448 g/mol. The molecule has 0 radical (unpaired) electrons. The Hall–Kier alpha value is -3.82.